The van der Waals surface area contributed by atoms with Gasteiger partial charge < -0.3 is 14.5 Å². The molecular weight excluding hydrogens is 304 g/mol. The molecule has 1 fully saturated rings. The van der Waals surface area contributed by atoms with Gasteiger partial charge in [-0.2, -0.15) is 0 Å². The largest absolute Gasteiger partial charge is 0.477 e. The van der Waals surface area contributed by atoms with Crippen molar-refractivity contribution in [3.63, 3.8) is 0 Å². The molecule has 2 aromatic rings. The predicted molar refractivity (Wildman–Crippen MR) is 91.7 cm³/mol. The summed E-state index contributed by atoms with van der Waals surface area (Å²) in [7, 11) is 0. The Balaban J connectivity index is 1.65. The number of anilines is 2. The Morgan fingerprint density at radius 1 is 1.25 bits per heavy atom. The van der Waals surface area contributed by atoms with Crippen molar-refractivity contribution in [2.75, 3.05) is 29.5 Å². The first-order valence-electron chi connectivity index (χ1n) is 8.40. The van der Waals surface area contributed by atoms with Gasteiger partial charge in [0.05, 0.1) is 30.4 Å². The summed E-state index contributed by atoms with van der Waals surface area (Å²) in [5, 5.41) is 0. The molecule has 1 aromatic heterocycles. The summed E-state index contributed by atoms with van der Waals surface area (Å²) >= 11 is 0. The highest BCUT2D eigenvalue weighted by Gasteiger charge is 2.36. The van der Waals surface area contributed by atoms with E-state index in [9.17, 15) is 4.79 Å². The van der Waals surface area contributed by atoms with Gasteiger partial charge in [-0.3, -0.25) is 4.79 Å². The zero-order valence-electron chi connectivity index (χ0n) is 13.7. The second-order valence-electron chi connectivity index (χ2n) is 6.07. The number of benzene rings is 1. The number of aromatic nitrogens is 2. The molecular formula is C18H20N4O2. The molecule has 0 N–H and O–H groups in total. The topological polar surface area (TPSA) is 58.6 Å². The molecule has 0 radical (unpaired) electrons. The van der Waals surface area contributed by atoms with Crippen molar-refractivity contribution in [3.05, 3.63) is 42.4 Å². The molecule has 124 valence electrons. The van der Waals surface area contributed by atoms with Gasteiger partial charge in [-0.1, -0.05) is 12.1 Å². The lowest BCUT2D eigenvalue weighted by atomic mass is 10.1. The van der Waals surface area contributed by atoms with E-state index in [1.807, 2.05) is 30.0 Å². The molecule has 24 heavy (non-hydrogen) atoms. The molecule has 1 unspecified atom stereocenters. The molecule has 6 heteroatoms. The van der Waals surface area contributed by atoms with Gasteiger partial charge in [-0.25, -0.2) is 9.97 Å². The summed E-state index contributed by atoms with van der Waals surface area (Å²) in [5.74, 6) is 0.333. The van der Waals surface area contributed by atoms with E-state index < -0.39 is 0 Å². The first-order valence-corrected chi connectivity index (χ1v) is 8.40. The average Bonchev–Trinajstić information content (AvgIpc) is 3.10. The number of para-hydroxylation sites is 2. The summed E-state index contributed by atoms with van der Waals surface area (Å²) in [6.07, 6.45) is 5.29. The van der Waals surface area contributed by atoms with Crippen LogP contribution in [0.1, 0.15) is 30.3 Å². The van der Waals surface area contributed by atoms with E-state index in [-0.39, 0.29) is 5.91 Å². The molecule has 0 spiro atoms. The van der Waals surface area contributed by atoms with Crippen LogP contribution < -0.4 is 14.5 Å². The van der Waals surface area contributed by atoms with Crippen molar-refractivity contribution in [2.45, 2.75) is 25.8 Å². The van der Waals surface area contributed by atoms with Crippen LogP contribution in [0.4, 0.5) is 11.4 Å². The van der Waals surface area contributed by atoms with Crippen LogP contribution >= 0.6 is 0 Å². The molecule has 1 amide bonds. The van der Waals surface area contributed by atoms with Crippen LogP contribution in [-0.2, 0) is 0 Å². The second kappa shape index (κ2) is 6.11. The van der Waals surface area contributed by atoms with Crippen LogP contribution in [0.3, 0.4) is 0 Å². The lowest BCUT2D eigenvalue weighted by Gasteiger charge is -2.40. The van der Waals surface area contributed by atoms with Crippen molar-refractivity contribution in [1.29, 1.82) is 0 Å². The molecule has 1 aromatic carbocycles. The fourth-order valence-corrected chi connectivity index (χ4v) is 3.57. The number of amides is 1. The van der Waals surface area contributed by atoms with Crippen LogP contribution in [0.25, 0.3) is 0 Å². The third-order valence-corrected chi connectivity index (χ3v) is 4.64. The minimum Gasteiger partial charge on any atom is -0.477 e. The maximum Gasteiger partial charge on any atom is 0.278 e. The molecule has 3 heterocycles. The summed E-state index contributed by atoms with van der Waals surface area (Å²) in [6, 6.07) is 8.48. The van der Waals surface area contributed by atoms with E-state index in [1.54, 1.807) is 0 Å². The van der Waals surface area contributed by atoms with E-state index in [4.69, 9.17) is 4.74 Å². The highest BCUT2D eigenvalue weighted by Crippen LogP contribution is 2.39. The molecule has 4 rings (SSSR count). The van der Waals surface area contributed by atoms with Gasteiger partial charge in [0.1, 0.15) is 5.69 Å². The van der Waals surface area contributed by atoms with Gasteiger partial charge in [-0.05, 0) is 31.9 Å². The fourth-order valence-electron chi connectivity index (χ4n) is 3.57. The third-order valence-electron chi connectivity index (χ3n) is 4.64. The lowest BCUT2D eigenvalue weighted by molar-refractivity contribution is 0.0979. The summed E-state index contributed by atoms with van der Waals surface area (Å²) in [6.45, 7) is 4.18. The van der Waals surface area contributed by atoms with Crippen LogP contribution in [0, 0.1) is 0 Å². The first-order chi connectivity index (χ1) is 11.8. The maximum absolute atomic E-state index is 13.0. The molecule has 0 aliphatic carbocycles. The van der Waals surface area contributed by atoms with E-state index in [0.29, 0.717) is 30.8 Å². The van der Waals surface area contributed by atoms with E-state index in [2.05, 4.69) is 20.9 Å². The van der Waals surface area contributed by atoms with Crippen molar-refractivity contribution < 1.29 is 9.53 Å². The van der Waals surface area contributed by atoms with Gasteiger partial charge in [-0.15, -0.1) is 0 Å². The maximum atomic E-state index is 13.0. The molecule has 6 nitrogen and oxygen atoms in total. The Kier molecular flexibility index (Phi) is 3.80. The van der Waals surface area contributed by atoms with Gasteiger partial charge in [0.15, 0.2) is 0 Å². The number of carbonyl (C=O) groups is 1. The number of ether oxygens (including phenoxy) is 1. The minimum absolute atomic E-state index is 0.107. The fraction of sp³-hybridized carbons (Fsp3) is 0.389. The second-order valence-corrected chi connectivity index (χ2v) is 6.07. The molecule has 1 saturated heterocycles. The third kappa shape index (κ3) is 2.48. The Bertz CT molecular complexity index is 747. The normalized spacial score (nSPS) is 19.0. The van der Waals surface area contributed by atoms with Gasteiger partial charge in [0, 0.05) is 19.1 Å². The van der Waals surface area contributed by atoms with E-state index in [0.717, 1.165) is 24.3 Å². The number of hydrogen-bond donors (Lipinski definition) is 0. The van der Waals surface area contributed by atoms with E-state index in [1.165, 1.54) is 18.8 Å². The Labute approximate surface area is 141 Å². The standard InChI is InChI=1S/C18H20N4O2/c1-2-24-17-11-19-14(10-20-17)18(23)22-12-13-6-5-9-21(13)15-7-3-4-8-16(15)22/h3-4,7-8,10-11,13H,2,5-6,9,12H2,1H3. The number of fused-ring (bicyclic) bond motifs is 3. The smallest absolute Gasteiger partial charge is 0.278 e. The van der Waals surface area contributed by atoms with E-state index >= 15 is 0 Å². The minimum atomic E-state index is -0.107. The number of rotatable bonds is 3. The van der Waals surface area contributed by atoms with Crippen molar-refractivity contribution >= 4 is 17.3 Å². The van der Waals surface area contributed by atoms with Crippen molar-refractivity contribution in [1.82, 2.24) is 9.97 Å². The number of nitrogens with zero attached hydrogens (tertiary/aromatic N) is 4. The Hall–Kier alpha value is -2.63. The van der Waals surface area contributed by atoms with Crippen LogP contribution in [0.5, 0.6) is 5.88 Å². The summed E-state index contributed by atoms with van der Waals surface area (Å²) < 4.78 is 5.29. The van der Waals surface area contributed by atoms with Crippen LogP contribution in [-0.4, -0.2) is 41.6 Å². The summed E-state index contributed by atoms with van der Waals surface area (Å²) in [4.78, 5) is 25.6. The predicted octanol–water partition coefficient (Wildman–Crippen LogP) is 2.50. The zero-order valence-corrected chi connectivity index (χ0v) is 13.7. The SMILES string of the molecule is CCOc1cnc(C(=O)N2CC3CCCN3c3ccccc32)cn1. The lowest BCUT2D eigenvalue weighted by Crippen LogP contribution is -2.48. The monoisotopic (exact) mass is 324 g/mol. The van der Waals surface area contributed by atoms with Crippen LogP contribution in [0.15, 0.2) is 36.7 Å². The van der Waals surface area contributed by atoms with Crippen molar-refractivity contribution in [2.24, 2.45) is 0 Å². The highest BCUT2D eigenvalue weighted by molar-refractivity contribution is 6.07. The highest BCUT2D eigenvalue weighted by atomic mass is 16.5. The van der Waals surface area contributed by atoms with Crippen LogP contribution in [0.2, 0.25) is 0 Å². The first kappa shape index (κ1) is 14.9. The Morgan fingerprint density at radius 2 is 2.08 bits per heavy atom. The molecule has 2 aliphatic rings. The number of hydrogen-bond acceptors (Lipinski definition) is 5. The molecule has 2 aliphatic heterocycles. The van der Waals surface area contributed by atoms with Gasteiger partial charge >= 0.3 is 0 Å². The Morgan fingerprint density at radius 3 is 2.83 bits per heavy atom. The van der Waals surface area contributed by atoms with Gasteiger partial charge in [0.25, 0.3) is 5.91 Å². The molecule has 0 bridgehead atoms. The molecule has 0 saturated carbocycles. The van der Waals surface area contributed by atoms with Crippen molar-refractivity contribution in [3.8, 4) is 5.88 Å². The molecule has 1 atom stereocenters. The number of carbonyl (C=O) groups excluding carboxylic acids is 1. The average molecular weight is 324 g/mol. The van der Waals surface area contributed by atoms with Gasteiger partial charge in [0.2, 0.25) is 5.88 Å². The summed E-state index contributed by atoms with van der Waals surface area (Å²) in [5.41, 5.74) is 2.44. The zero-order chi connectivity index (χ0) is 16.5. The quantitative estimate of drug-likeness (QED) is 0.868.